The van der Waals surface area contributed by atoms with Crippen molar-refractivity contribution in [1.29, 1.82) is 0 Å². The molecule has 2 heterocycles. The first-order chi connectivity index (χ1) is 7.04. The fourth-order valence-corrected chi connectivity index (χ4v) is 3.25. The van der Waals surface area contributed by atoms with Crippen molar-refractivity contribution < 1.29 is 9.90 Å². The van der Waals surface area contributed by atoms with Gasteiger partial charge in [0.1, 0.15) is 10.1 Å². The maximum absolute atomic E-state index is 11.2. The highest BCUT2D eigenvalue weighted by atomic mass is 79.9. The van der Waals surface area contributed by atoms with Crippen LogP contribution in [0.1, 0.15) is 19.8 Å². The van der Waals surface area contributed by atoms with Crippen molar-refractivity contribution in [2.75, 3.05) is 11.4 Å². The highest BCUT2D eigenvalue weighted by molar-refractivity contribution is 9.10. The number of hydrogen-bond acceptors (Lipinski definition) is 4. The molecule has 1 N–H and O–H groups in total. The maximum Gasteiger partial charge on any atom is 0.329 e. The number of carbonyl (C=O) groups is 1. The Labute approximate surface area is 100 Å². The Balaban J connectivity index is 2.33. The standard InChI is InChI=1S/C9H11BrN2O2S/c1-9(7(13)14)3-2-4-12(9)8-11-6(10)5-15-8/h5H,2-4H2,1H3,(H,13,14). The number of hydrogen-bond donors (Lipinski definition) is 1. The largest absolute Gasteiger partial charge is 0.480 e. The Bertz CT molecular complexity index is 395. The number of anilines is 1. The van der Waals surface area contributed by atoms with Crippen molar-refractivity contribution in [3.8, 4) is 0 Å². The third kappa shape index (κ3) is 1.76. The highest BCUT2D eigenvalue weighted by Gasteiger charge is 2.44. The maximum atomic E-state index is 11.2. The third-order valence-corrected chi connectivity index (χ3v) is 4.37. The van der Waals surface area contributed by atoms with Crippen LogP contribution in [0.25, 0.3) is 0 Å². The van der Waals surface area contributed by atoms with Crippen LogP contribution in [0.15, 0.2) is 9.98 Å². The van der Waals surface area contributed by atoms with Crippen LogP contribution in [0.5, 0.6) is 0 Å². The van der Waals surface area contributed by atoms with Gasteiger partial charge < -0.3 is 10.0 Å². The van der Waals surface area contributed by atoms with Crippen molar-refractivity contribution >= 4 is 38.4 Å². The molecule has 6 heteroatoms. The molecular formula is C9H11BrN2O2S. The van der Waals surface area contributed by atoms with E-state index in [1.165, 1.54) is 11.3 Å². The summed E-state index contributed by atoms with van der Waals surface area (Å²) in [7, 11) is 0. The zero-order valence-electron chi connectivity index (χ0n) is 8.23. The number of aliphatic carboxylic acids is 1. The number of carboxylic acids is 1. The van der Waals surface area contributed by atoms with E-state index in [0.717, 1.165) is 22.7 Å². The number of halogens is 1. The lowest BCUT2D eigenvalue weighted by Gasteiger charge is -2.30. The van der Waals surface area contributed by atoms with E-state index in [0.29, 0.717) is 6.42 Å². The van der Waals surface area contributed by atoms with Gasteiger partial charge in [0.05, 0.1) is 0 Å². The first kappa shape index (κ1) is 10.9. The predicted octanol–water partition coefficient (Wildman–Crippen LogP) is 2.35. The molecule has 0 bridgehead atoms. The molecule has 15 heavy (non-hydrogen) atoms. The molecule has 1 aliphatic heterocycles. The van der Waals surface area contributed by atoms with Crippen LogP contribution in [-0.4, -0.2) is 28.1 Å². The first-order valence-corrected chi connectivity index (χ1v) is 6.33. The van der Waals surface area contributed by atoms with Gasteiger partial charge in [0, 0.05) is 11.9 Å². The number of rotatable bonds is 2. The predicted molar refractivity (Wildman–Crippen MR) is 62.4 cm³/mol. The summed E-state index contributed by atoms with van der Waals surface area (Å²) in [5, 5.41) is 11.9. The summed E-state index contributed by atoms with van der Waals surface area (Å²) >= 11 is 4.75. The van der Waals surface area contributed by atoms with Gasteiger partial charge >= 0.3 is 5.97 Å². The Hall–Kier alpha value is -0.620. The van der Waals surface area contributed by atoms with Gasteiger partial charge in [0.15, 0.2) is 5.13 Å². The van der Waals surface area contributed by atoms with E-state index in [1.54, 1.807) is 6.92 Å². The second-order valence-electron chi connectivity index (χ2n) is 3.79. The van der Waals surface area contributed by atoms with Crippen LogP contribution in [-0.2, 0) is 4.79 Å². The van der Waals surface area contributed by atoms with Crippen molar-refractivity contribution in [2.45, 2.75) is 25.3 Å². The lowest BCUT2D eigenvalue weighted by atomic mass is 10.00. The Morgan fingerprint density at radius 2 is 2.53 bits per heavy atom. The van der Waals surface area contributed by atoms with Crippen molar-refractivity contribution in [3.63, 3.8) is 0 Å². The average Bonchev–Trinajstić information content (AvgIpc) is 2.72. The molecule has 0 aliphatic carbocycles. The molecule has 82 valence electrons. The third-order valence-electron chi connectivity index (χ3n) is 2.80. The second-order valence-corrected chi connectivity index (χ2v) is 5.44. The number of thiazole rings is 1. The normalized spacial score (nSPS) is 25.9. The molecule has 0 aromatic carbocycles. The van der Waals surface area contributed by atoms with Gasteiger partial charge in [0.2, 0.25) is 0 Å². The van der Waals surface area contributed by atoms with Crippen molar-refractivity contribution in [3.05, 3.63) is 9.98 Å². The molecule has 0 amide bonds. The van der Waals surface area contributed by atoms with E-state index < -0.39 is 11.5 Å². The summed E-state index contributed by atoms with van der Waals surface area (Å²) in [6.45, 7) is 2.53. The van der Waals surface area contributed by atoms with E-state index in [2.05, 4.69) is 20.9 Å². The summed E-state index contributed by atoms with van der Waals surface area (Å²) in [6, 6.07) is 0. The van der Waals surface area contributed by atoms with Gasteiger partial charge in [-0.1, -0.05) is 0 Å². The van der Waals surface area contributed by atoms with Crippen molar-refractivity contribution in [1.82, 2.24) is 4.98 Å². The SMILES string of the molecule is CC1(C(=O)O)CCCN1c1nc(Br)cs1. The minimum atomic E-state index is -0.794. The molecule has 1 atom stereocenters. The summed E-state index contributed by atoms with van der Waals surface area (Å²) in [5.41, 5.74) is -0.794. The summed E-state index contributed by atoms with van der Waals surface area (Å²) in [5.74, 6) is -0.772. The van der Waals surface area contributed by atoms with Crippen LogP contribution in [0.2, 0.25) is 0 Å². The van der Waals surface area contributed by atoms with E-state index in [4.69, 9.17) is 0 Å². The zero-order valence-corrected chi connectivity index (χ0v) is 10.6. The molecule has 2 rings (SSSR count). The van der Waals surface area contributed by atoms with Gasteiger partial charge in [-0.25, -0.2) is 9.78 Å². The van der Waals surface area contributed by atoms with Gasteiger partial charge in [0.25, 0.3) is 0 Å². The molecule has 1 aromatic rings. The molecule has 1 unspecified atom stereocenters. The van der Waals surface area contributed by atoms with Gasteiger partial charge in [-0.15, -0.1) is 11.3 Å². The van der Waals surface area contributed by atoms with Crippen molar-refractivity contribution in [2.24, 2.45) is 0 Å². The fourth-order valence-electron chi connectivity index (χ4n) is 1.86. The lowest BCUT2D eigenvalue weighted by molar-refractivity contribution is -0.142. The summed E-state index contributed by atoms with van der Waals surface area (Å²) < 4.78 is 0.766. The van der Waals surface area contributed by atoms with E-state index in [-0.39, 0.29) is 0 Å². The molecule has 1 saturated heterocycles. The summed E-state index contributed by atoms with van der Waals surface area (Å²) in [6.07, 6.45) is 1.58. The van der Waals surface area contributed by atoms with Crippen LogP contribution in [0, 0.1) is 0 Å². The van der Waals surface area contributed by atoms with Crippen LogP contribution in [0.4, 0.5) is 5.13 Å². The lowest BCUT2D eigenvalue weighted by Crippen LogP contribution is -2.48. The van der Waals surface area contributed by atoms with E-state index in [1.807, 2.05) is 10.3 Å². The average molecular weight is 291 g/mol. The van der Waals surface area contributed by atoms with Gasteiger partial charge in [-0.3, -0.25) is 0 Å². The fraction of sp³-hybridized carbons (Fsp3) is 0.556. The van der Waals surface area contributed by atoms with Crippen LogP contribution < -0.4 is 4.90 Å². The quantitative estimate of drug-likeness (QED) is 0.908. The van der Waals surface area contributed by atoms with Crippen LogP contribution in [0.3, 0.4) is 0 Å². The minimum Gasteiger partial charge on any atom is -0.480 e. The Kier molecular flexibility index (Phi) is 2.72. The van der Waals surface area contributed by atoms with Gasteiger partial charge in [-0.05, 0) is 35.7 Å². The number of carboxylic acid groups (broad SMARTS) is 1. The minimum absolute atomic E-state index is 0.680. The Morgan fingerprint density at radius 3 is 3.07 bits per heavy atom. The van der Waals surface area contributed by atoms with Crippen LogP contribution >= 0.6 is 27.3 Å². The summed E-state index contributed by atoms with van der Waals surface area (Å²) in [4.78, 5) is 17.4. The van der Waals surface area contributed by atoms with E-state index >= 15 is 0 Å². The molecule has 0 saturated carbocycles. The molecular weight excluding hydrogens is 280 g/mol. The molecule has 1 fully saturated rings. The smallest absolute Gasteiger partial charge is 0.329 e. The number of nitrogens with zero attached hydrogens (tertiary/aromatic N) is 2. The Morgan fingerprint density at radius 1 is 1.80 bits per heavy atom. The molecule has 0 radical (unpaired) electrons. The molecule has 1 aromatic heterocycles. The monoisotopic (exact) mass is 290 g/mol. The molecule has 4 nitrogen and oxygen atoms in total. The van der Waals surface area contributed by atoms with Gasteiger partial charge in [-0.2, -0.15) is 0 Å². The second kappa shape index (κ2) is 3.75. The topological polar surface area (TPSA) is 53.4 Å². The molecule has 0 spiro atoms. The number of aromatic nitrogens is 1. The first-order valence-electron chi connectivity index (χ1n) is 4.66. The zero-order chi connectivity index (χ0) is 11.1. The highest BCUT2D eigenvalue weighted by Crippen LogP contribution is 2.36. The molecule has 1 aliphatic rings. The van der Waals surface area contributed by atoms with E-state index in [9.17, 15) is 9.90 Å².